The molecule has 0 heteroatoms. The smallest absolute Gasteiger partial charge is 0.0159 e. The normalized spacial score (nSPS) is 24.6. The van der Waals surface area contributed by atoms with E-state index in [4.69, 9.17) is 0 Å². The van der Waals surface area contributed by atoms with Gasteiger partial charge in [-0.3, -0.25) is 0 Å². The molecular weight excluding hydrogens is 156 g/mol. The maximum Gasteiger partial charge on any atom is -0.0159 e. The highest BCUT2D eigenvalue weighted by molar-refractivity contribution is 5.42. The van der Waals surface area contributed by atoms with Gasteiger partial charge >= 0.3 is 0 Å². The first-order valence-corrected chi connectivity index (χ1v) is 5.44. The van der Waals surface area contributed by atoms with Gasteiger partial charge in [0.05, 0.1) is 0 Å². The Kier molecular flexibility index (Phi) is 2.68. The van der Waals surface area contributed by atoms with Gasteiger partial charge in [0.1, 0.15) is 0 Å². The van der Waals surface area contributed by atoms with Gasteiger partial charge in [-0.2, -0.15) is 0 Å². The van der Waals surface area contributed by atoms with Crippen LogP contribution in [0.25, 0.3) is 0 Å². The van der Waals surface area contributed by atoms with Crippen LogP contribution in [0.4, 0.5) is 0 Å². The Morgan fingerprint density at radius 3 is 2.62 bits per heavy atom. The Bertz CT molecular complexity index is 249. The van der Waals surface area contributed by atoms with Gasteiger partial charge in [0, 0.05) is 0 Å². The first kappa shape index (κ1) is 8.80. The van der Waals surface area contributed by atoms with Crippen LogP contribution in [0.3, 0.4) is 0 Å². The van der Waals surface area contributed by atoms with Gasteiger partial charge in [0.25, 0.3) is 0 Å². The van der Waals surface area contributed by atoms with Crippen LogP contribution < -0.4 is 0 Å². The van der Waals surface area contributed by atoms with Crippen molar-refractivity contribution in [1.29, 1.82) is 0 Å². The molecule has 70 valence electrons. The van der Waals surface area contributed by atoms with E-state index in [1.165, 1.54) is 37.7 Å². The molecule has 2 rings (SSSR count). The van der Waals surface area contributed by atoms with Crippen LogP contribution in [0.1, 0.15) is 38.5 Å². The summed E-state index contributed by atoms with van der Waals surface area (Å²) < 4.78 is 0. The fourth-order valence-corrected chi connectivity index (χ4v) is 2.48. The average molecular weight is 174 g/mol. The van der Waals surface area contributed by atoms with Crippen LogP contribution in [0.2, 0.25) is 0 Å². The molecule has 0 aromatic carbocycles. The lowest BCUT2D eigenvalue weighted by Gasteiger charge is -2.26. The molecule has 13 heavy (non-hydrogen) atoms. The second kappa shape index (κ2) is 3.95. The van der Waals surface area contributed by atoms with Crippen LogP contribution in [0, 0.1) is 5.92 Å². The molecule has 0 N–H and O–H groups in total. The Morgan fingerprint density at radius 1 is 1.15 bits per heavy atom. The maximum absolute atomic E-state index is 4.12. The summed E-state index contributed by atoms with van der Waals surface area (Å²) in [5, 5.41) is 0. The molecule has 0 aromatic heterocycles. The van der Waals surface area contributed by atoms with Gasteiger partial charge < -0.3 is 0 Å². The number of hydrogen-bond donors (Lipinski definition) is 0. The van der Waals surface area contributed by atoms with Gasteiger partial charge in [0.15, 0.2) is 0 Å². The minimum absolute atomic E-state index is 0.825. The second-order valence-electron chi connectivity index (χ2n) is 4.16. The van der Waals surface area contributed by atoms with Crippen molar-refractivity contribution in [3.05, 3.63) is 36.0 Å². The van der Waals surface area contributed by atoms with Crippen LogP contribution in [0.5, 0.6) is 0 Å². The molecule has 0 aromatic rings. The molecule has 0 saturated heterocycles. The molecule has 0 unspecified atom stereocenters. The van der Waals surface area contributed by atoms with Gasteiger partial charge in [-0.25, -0.2) is 0 Å². The number of allylic oxidation sites excluding steroid dienone is 5. The van der Waals surface area contributed by atoms with Gasteiger partial charge in [-0.05, 0) is 36.3 Å². The van der Waals surface area contributed by atoms with E-state index in [2.05, 4.69) is 24.8 Å². The van der Waals surface area contributed by atoms with Gasteiger partial charge in [-0.15, -0.1) is 0 Å². The summed E-state index contributed by atoms with van der Waals surface area (Å²) in [6.45, 7) is 4.12. The predicted octanol–water partition coefficient (Wildman–Crippen LogP) is 4.01. The van der Waals surface area contributed by atoms with Crippen molar-refractivity contribution in [3.63, 3.8) is 0 Å². The summed E-state index contributed by atoms with van der Waals surface area (Å²) in [6.07, 6.45) is 14.9. The van der Waals surface area contributed by atoms with E-state index in [9.17, 15) is 0 Å². The predicted molar refractivity (Wildman–Crippen MR) is 57.6 cm³/mol. The molecule has 0 spiro atoms. The first-order chi connectivity index (χ1) is 6.38. The van der Waals surface area contributed by atoms with Gasteiger partial charge in [0.2, 0.25) is 0 Å². The quantitative estimate of drug-likeness (QED) is 0.563. The van der Waals surface area contributed by atoms with Crippen LogP contribution in [-0.2, 0) is 0 Å². The fraction of sp³-hybridized carbons (Fsp3) is 0.538. The lowest BCUT2D eigenvalue weighted by Crippen LogP contribution is -2.11. The third-order valence-corrected chi connectivity index (χ3v) is 3.21. The minimum atomic E-state index is 0.825. The van der Waals surface area contributed by atoms with E-state index in [1.807, 2.05) is 0 Å². The Hall–Kier alpha value is -0.780. The SMILES string of the molecule is C=C1C=CCC=C1C1CCCCC1. The first-order valence-electron chi connectivity index (χ1n) is 5.44. The van der Waals surface area contributed by atoms with E-state index in [1.54, 1.807) is 5.57 Å². The summed E-state index contributed by atoms with van der Waals surface area (Å²) >= 11 is 0. The standard InChI is InChI=1S/C13H18/c1-11-7-5-6-10-13(11)12-8-3-2-4-9-12/h5,7,10,12H,1-4,6,8-9H2. The van der Waals surface area contributed by atoms with E-state index in [0.29, 0.717) is 0 Å². The number of hydrogen-bond acceptors (Lipinski definition) is 0. The summed E-state index contributed by atoms with van der Waals surface area (Å²) in [7, 11) is 0. The summed E-state index contributed by atoms with van der Waals surface area (Å²) in [5.41, 5.74) is 2.81. The van der Waals surface area contributed by atoms with Crippen LogP contribution in [-0.4, -0.2) is 0 Å². The van der Waals surface area contributed by atoms with Crippen molar-refractivity contribution in [2.24, 2.45) is 5.92 Å². The van der Waals surface area contributed by atoms with E-state index in [0.717, 1.165) is 12.3 Å². The molecule has 0 aliphatic heterocycles. The summed E-state index contributed by atoms with van der Waals surface area (Å²) in [5.74, 6) is 0.825. The zero-order chi connectivity index (χ0) is 9.10. The fourth-order valence-electron chi connectivity index (χ4n) is 2.48. The molecule has 0 nitrogen and oxygen atoms in total. The van der Waals surface area contributed by atoms with Crippen molar-refractivity contribution < 1.29 is 0 Å². The topological polar surface area (TPSA) is 0 Å². The van der Waals surface area contributed by atoms with Crippen molar-refractivity contribution in [2.45, 2.75) is 38.5 Å². The summed E-state index contributed by atoms with van der Waals surface area (Å²) in [4.78, 5) is 0. The highest BCUT2D eigenvalue weighted by Gasteiger charge is 2.19. The molecular formula is C13H18. The highest BCUT2D eigenvalue weighted by atomic mass is 14.2. The molecule has 0 atom stereocenters. The molecule has 0 radical (unpaired) electrons. The monoisotopic (exact) mass is 174 g/mol. The van der Waals surface area contributed by atoms with Gasteiger partial charge in [-0.1, -0.05) is 44.1 Å². The van der Waals surface area contributed by atoms with E-state index in [-0.39, 0.29) is 0 Å². The third-order valence-electron chi connectivity index (χ3n) is 3.21. The Balaban J connectivity index is 2.06. The van der Waals surface area contributed by atoms with E-state index < -0.39 is 0 Å². The molecule has 1 fully saturated rings. The Morgan fingerprint density at radius 2 is 1.92 bits per heavy atom. The highest BCUT2D eigenvalue weighted by Crippen LogP contribution is 2.34. The molecule has 1 saturated carbocycles. The lowest BCUT2D eigenvalue weighted by atomic mass is 9.79. The van der Waals surface area contributed by atoms with Crippen molar-refractivity contribution in [2.75, 3.05) is 0 Å². The van der Waals surface area contributed by atoms with Crippen molar-refractivity contribution in [3.8, 4) is 0 Å². The lowest BCUT2D eigenvalue weighted by molar-refractivity contribution is 0.405. The largest absolute Gasteiger partial charge is 0.0915 e. The molecule has 0 amide bonds. The zero-order valence-electron chi connectivity index (χ0n) is 8.26. The average Bonchev–Trinajstić information content (AvgIpc) is 2.20. The van der Waals surface area contributed by atoms with E-state index >= 15 is 0 Å². The van der Waals surface area contributed by atoms with Crippen LogP contribution >= 0.6 is 0 Å². The second-order valence-corrected chi connectivity index (χ2v) is 4.16. The minimum Gasteiger partial charge on any atom is -0.0915 e. The molecule has 0 heterocycles. The molecule has 2 aliphatic rings. The Labute approximate surface area is 81.0 Å². The third kappa shape index (κ3) is 1.93. The maximum atomic E-state index is 4.12. The van der Waals surface area contributed by atoms with Crippen LogP contribution in [0.15, 0.2) is 36.0 Å². The zero-order valence-corrected chi connectivity index (χ0v) is 8.26. The molecule has 0 bridgehead atoms. The summed E-state index contributed by atoms with van der Waals surface area (Å²) in [6, 6.07) is 0. The van der Waals surface area contributed by atoms with Crippen molar-refractivity contribution >= 4 is 0 Å². The number of rotatable bonds is 1. The van der Waals surface area contributed by atoms with Crippen molar-refractivity contribution in [1.82, 2.24) is 0 Å². The molecule has 2 aliphatic carbocycles.